The first-order chi connectivity index (χ1) is 65.7. The molecule has 33 heteroatoms. The summed E-state index contributed by atoms with van der Waals surface area (Å²) in [7, 11) is 4.35. The number of ether oxygens (including phenoxy) is 17. The average molecular weight is 2020 g/mol. The molecule has 8 heterocycles. The third kappa shape index (κ3) is 38.1. The van der Waals surface area contributed by atoms with Gasteiger partial charge in [-0.2, -0.15) is 0 Å². The van der Waals surface area contributed by atoms with Crippen molar-refractivity contribution in [1.82, 2.24) is 0 Å². The van der Waals surface area contributed by atoms with Crippen molar-refractivity contribution < 1.29 is 157 Å². The van der Waals surface area contributed by atoms with Crippen LogP contribution in [0, 0.1) is 96.6 Å². The molecule has 14 fully saturated rings. The van der Waals surface area contributed by atoms with Gasteiger partial charge < -0.3 is 80.5 Å². The minimum Gasteiger partial charge on any atom is -0.469 e. The maximum absolute atomic E-state index is 12.1. The van der Waals surface area contributed by atoms with Gasteiger partial charge >= 0.3 is 95.5 Å². The van der Waals surface area contributed by atoms with E-state index in [1.807, 2.05) is 166 Å². The Morgan fingerprint density at radius 1 is 0.380 bits per heavy atom. The fourth-order valence-corrected chi connectivity index (χ4v) is 18.5. The SMILES string of the molecule is C1CC2CC1C1C3CCC(C3)C21.C1CC2CCC1C2.CC(=O)OC1CCOC1=O.CC(=O)OC1CCOC1=O.CCC(C)(C)C(=O)OC.CCC(C)(C)C(=O)OC.CCC(C)(C)C(=O)OC1(C)CC(=O)OC1(C)C.CCC(C)(C)C(=O)OC1CC(=O)OC1(C)COC.CCC(C)(C)C(=O)OC1CCCOC1=O.CCC(C)(C)C(=O)OCC1CCOC1=O.CCC1(C)CC(C)(C)OC1=O.CCC1(C)CCOC1=O. The normalized spacial score (nSPS) is 29.1. The van der Waals surface area contributed by atoms with Crippen LogP contribution in [0.15, 0.2) is 0 Å². The molecule has 0 spiro atoms. The third-order valence-corrected chi connectivity index (χ3v) is 31.6. The monoisotopic (exact) mass is 2020 g/mol. The zero-order valence-corrected chi connectivity index (χ0v) is 92.7. The van der Waals surface area contributed by atoms with Crippen LogP contribution in [0.2, 0.25) is 0 Å². The van der Waals surface area contributed by atoms with Crippen LogP contribution in [0.5, 0.6) is 0 Å². The summed E-state index contributed by atoms with van der Waals surface area (Å²) in [5.74, 6) is 4.78. The fourth-order valence-electron chi connectivity index (χ4n) is 18.5. The maximum atomic E-state index is 12.1. The largest absolute Gasteiger partial charge is 0.469 e. The van der Waals surface area contributed by atoms with Gasteiger partial charge in [0.05, 0.1) is 116 Å². The van der Waals surface area contributed by atoms with Gasteiger partial charge in [0, 0.05) is 40.2 Å². The van der Waals surface area contributed by atoms with E-state index in [1.165, 1.54) is 82.5 Å². The molecule has 0 aromatic heterocycles. The van der Waals surface area contributed by atoms with E-state index in [-0.39, 0.29) is 125 Å². The Labute approximate surface area is 847 Å². The lowest BCUT2D eigenvalue weighted by atomic mass is 9.71. The zero-order valence-electron chi connectivity index (χ0n) is 92.7. The van der Waals surface area contributed by atoms with Crippen LogP contribution in [0.1, 0.15) is 387 Å². The van der Waals surface area contributed by atoms with Gasteiger partial charge in [0.15, 0.2) is 23.4 Å². The topological polar surface area (TPSA) is 430 Å². The minimum absolute atomic E-state index is 0.0231. The summed E-state index contributed by atoms with van der Waals surface area (Å²) < 4.78 is 83.8. The molecule has 0 radical (unpaired) electrons. The van der Waals surface area contributed by atoms with Crippen LogP contribution >= 0.6 is 0 Å². The molecule has 33 nitrogen and oxygen atoms in total. The first-order valence-corrected chi connectivity index (χ1v) is 52.0. The Morgan fingerprint density at radius 3 is 1.06 bits per heavy atom. The molecule has 8 saturated heterocycles. The zero-order chi connectivity index (χ0) is 109. The summed E-state index contributed by atoms with van der Waals surface area (Å²) in [5.41, 5.74) is -5.90. The van der Waals surface area contributed by atoms with Gasteiger partial charge in [0.25, 0.3) is 0 Å². The summed E-state index contributed by atoms with van der Waals surface area (Å²) in [6.07, 6.45) is 26.0. The molecule has 816 valence electrons. The second-order valence-electron chi connectivity index (χ2n) is 46.1. The van der Waals surface area contributed by atoms with Crippen molar-refractivity contribution in [2.75, 3.05) is 67.6 Å². The average Bonchev–Trinajstić information content (AvgIpc) is 1.56. The Balaban J connectivity index is 0.000000402. The highest BCUT2D eigenvalue weighted by molar-refractivity contribution is 5.85. The number of fused-ring (bicyclic) bond motifs is 11. The van der Waals surface area contributed by atoms with Gasteiger partial charge in [-0.3, -0.25) is 62.3 Å². The van der Waals surface area contributed by atoms with Crippen LogP contribution < -0.4 is 0 Å². The van der Waals surface area contributed by atoms with Crippen LogP contribution in [-0.2, 0) is 157 Å². The highest BCUT2D eigenvalue weighted by Gasteiger charge is 2.60. The van der Waals surface area contributed by atoms with Gasteiger partial charge in [-0.1, -0.05) is 81.1 Å². The number of rotatable bonds is 23. The van der Waals surface area contributed by atoms with E-state index >= 15 is 0 Å². The summed E-state index contributed by atoms with van der Waals surface area (Å²) in [5, 5.41) is 0. The molecule has 142 heavy (non-hydrogen) atoms. The molecule has 14 rings (SSSR count). The van der Waals surface area contributed by atoms with E-state index < -0.39 is 92.7 Å². The standard InChI is InChI=1S/C13H22O5.C13H22O4.C12H18.2C11H18O4.C9H16O2.C7H12O2.2C7H14O2.C7H12.2C6H8O4/c1-6-12(2,3)11(15)17-9-7-10(14)18-13(9,4)8-16-5;1-7-11(2,3)10(15)17-13(6)8-9(14)16-12(13,4)5;1-2-8-5-7(1)11-9-3-4-10(6-9)12(8)11;1-4-11(2,3)10(13)15-7-8-5-6-14-9(8)12;1-4-11(2,3)10(13)15-8-6-5-7-14-9(8)12;1-5-9(4)6-8(2,3)11-7(9)10;1-3-7(2)4-5-9-6(7)8;2*1-5-7(2,3)6(8)9-4;1-2-7-4-3-6(1)5-7;2*1-4(7)10-5-2-3-9-6(5)8/h9H,6-8H2,1-5H3;7-8H2,1-6H3;7-12H,1-6H2;2*8H,4-7H2,1-3H3;5-6H2,1-4H3;3-5H2,1-2H3;2*5H2,1-4H3;6-7H,1-5H2;2*5H,2-3H2,1H3. The number of cyclic esters (lactones) is 8. The van der Waals surface area contributed by atoms with Gasteiger partial charge in [-0.25, -0.2) is 14.4 Å². The van der Waals surface area contributed by atoms with Crippen molar-refractivity contribution in [2.24, 2.45) is 96.6 Å². The fraction of sp³-hybridized carbons (Fsp3) is 0.853. The Bertz CT molecular complexity index is 4040. The molecule has 0 aromatic rings. The summed E-state index contributed by atoms with van der Waals surface area (Å²) >= 11 is 0. The molecule has 13 atom stereocenters. The van der Waals surface area contributed by atoms with Crippen LogP contribution in [0.3, 0.4) is 0 Å². The molecule has 0 N–H and O–H groups in total. The van der Waals surface area contributed by atoms with Crippen molar-refractivity contribution in [3.63, 3.8) is 0 Å². The Hall–Kier alpha value is -8.52. The first kappa shape index (κ1) is 128. The highest BCUT2D eigenvalue weighted by atomic mass is 16.7. The smallest absolute Gasteiger partial charge is 0.347 e. The maximum Gasteiger partial charge on any atom is 0.347 e. The van der Waals surface area contributed by atoms with Crippen LogP contribution in [-0.4, -0.2) is 210 Å². The molecular formula is C109H182O33. The quantitative estimate of drug-likeness (QED) is 0.0521. The van der Waals surface area contributed by atoms with Gasteiger partial charge in [0.2, 0.25) is 12.2 Å². The van der Waals surface area contributed by atoms with Crippen LogP contribution in [0.25, 0.3) is 0 Å². The number of methoxy groups -OCH3 is 3. The number of carbonyl (C=O) groups is 16. The van der Waals surface area contributed by atoms with Gasteiger partial charge in [-0.05, 0) is 308 Å². The van der Waals surface area contributed by atoms with Crippen LogP contribution in [0.4, 0.5) is 0 Å². The van der Waals surface area contributed by atoms with Gasteiger partial charge in [-0.15, -0.1) is 0 Å². The second-order valence-corrected chi connectivity index (χ2v) is 46.1. The molecule has 14 aliphatic rings. The number of hydrogen-bond acceptors (Lipinski definition) is 33. The van der Waals surface area contributed by atoms with E-state index in [1.54, 1.807) is 98.3 Å². The predicted octanol–water partition coefficient (Wildman–Crippen LogP) is 19.0. The number of esters is 16. The lowest BCUT2D eigenvalue weighted by Gasteiger charge is -2.36. The van der Waals surface area contributed by atoms with E-state index in [4.69, 9.17) is 52.1 Å². The Kier molecular flexibility index (Phi) is 50.2. The number of hydrogen-bond donors (Lipinski definition) is 0. The summed E-state index contributed by atoms with van der Waals surface area (Å²) in [6.45, 7) is 57.8. The van der Waals surface area contributed by atoms with Crippen molar-refractivity contribution in [2.45, 2.75) is 434 Å². The van der Waals surface area contributed by atoms with E-state index in [0.717, 1.165) is 51.4 Å². The minimum atomic E-state index is -0.884. The number of carbonyl (C=O) groups excluding carboxylic acids is 16. The second kappa shape index (κ2) is 55.9. The van der Waals surface area contributed by atoms with Crippen molar-refractivity contribution in [3.8, 4) is 0 Å². The summed E-state index contributed by atoms with van der Waals surface area (Å²) in [4.78, 5) is 178. The Morgan fingerprint density at radius 2 is 0.768 bits per heavy atom. The molecule has 6 saturated carbocycles. The third-order valence-electron chi connectivity index (χ3n) is 31.6. The van der Waals surface area contributed by atoms with E-state index in [9.17, 15) is 76.7 Å². The van der Waals surface area contributed by atoms with Gasteiger partial charge in [0.1, 0.15) is 17.8 Å². The van der Waals surface area contributed by atoms with Crippen molar-refractivity contribution >= 4 is 95.5 Å². The lowest BCUT2D eigenvalue weighted by molar-refractivity contribution is -0.184. The molecule has 0 aromatic carbocycles. The highest BCUT2D eigenvalue weighted by Crippen LogP contribution is 2.67. The van der Waals surface area contributed by atoms with Crippen molar-refractivity contribution in [3.05, 3.63) is 0 Å². The molecule has 8 aliphatic heterocycles. The predicted molar refractivity (Wildman–Crippen MR) is 527 cm³/mol. The molecule has 6 bridgehead atoms. The molecular weight excluding hydrogens is 1840 g/mol. The first-order valence-electron chi connectivity index (χ1n) is 52.0. The molecule has 13 unspecified atom stereocenters. The van der Waals surface area contributed by atoms with E-state index in [0.29, 0.717) is 78.0 Å². The van der Waals surface area contributed by atoms with Crippen molar-refractivity contribution in [1.29, 1.82) is 0 Å². The molecule has 0 amide bonds. The summed E-state index contributed by atoms with van der Waals surface area (Å²) in [6, 6.07) is 0. The van der Waals surface area contributed by atoms with E-state index in [2.05, 4.69) is 28.4 Å². The molecule has 6 aliphatic carbocycles. The lowest BCUT2D eigenvalue weighted by Crippen LogP contribution is -2.49.